The summed E-state index contributed by atoms with van der Waals surface area (Å²) in [5.74, 6) is 0. The maximum absolute atomic E-state index is 12.8. The van der Waals surface area contributed by atoms with E-state index >= 15 is 0 Å². The fourth-order valence-corrected chi connectivity index (χ4v) is 4.36. The summed E-state index contributed by atoms with van der Waals surface area (Å²) in [6.07, 6.45) is 3.46. The molecule has 0 spiro atoms. The standard InChI is InChI=1S/C24H23ClN6O2/c1-17-7-8-21-27-18(13-22(32)30(21)15-17)16-28-9-11-29(12-10-28)20-14-26-31(24(33)23(20)25)19-5-3-2-4-6-19/h2-8,13-15H,9-12,16H2,1H3. The van der Waals surface area contributed by atoms with Gasteiger partial charge in [0.15, 0.2) is 0 Å². The zero-order valence-electron chi connectivity index (χ0n) is 18.2. The minimum Gasteiger partial charge on any atom is -0.366 e. The minimum atomic E-state index is -0.334. The lowest BCUT2D eigenvalue weighted by Crippen LogP contribution is -2.46. The third kappa shape index (κ3) is 4.27. The Hall–Kier alpha value is -3.49. The van der Waals surface area contributed by atoms with Crippen molar-refractivity contribution in [3.63, 3.8) is 0 Å². The van der Waals surface area contributed by atoms with Crippen LogP contribution in [0.25, 0.3) is 11.3 Å². The van der Waals surface area contributed by atoms with Crippen LogP contribution in [0.4, 0.5) is 5.69 Å². The second-order valence-electron chi connectivity index (χ2n) is 8.18. The number of piperazine rings is 1. The summed E-state index contributed by atoms with van der Waals surface area (Å²) in [7, 11) is 0. The van der Waals surface area contributed by atoms with Crippen molar-refractivity contribution in [2.24, 2.45) is 0 Å². The molecule has 0 saturated carbocycles. The predicted octanol–water partition coefficient (Wildman–Crippen LogP) is 2.52. The number of nitrogens with zero attached hydrogens (tertiary/aromatic N) is 6. The lowest BCUT2D eigenvalue weighted by atomic mass is 10.2. The van der Waals surface area contributed by atoms with E-state index in [4.69, 9.17) is 11.6 Å². The molecular weight excluding hydrogens is 440 g/mol. The molecule has 0 aliphatic carbocycles. The minimum absolute atomic E-state index is 0.0748. The zero-order valence-corrected chi connectivity index (χ0v) is 18.9. The quantitative estimate of drug-likeness (QED) is 0.464. The van der Waals surface area contributed by atoms with E-state index in [0.29, 0.717) is 36.7 Å². The SMILES string of the molecule is Cc1ccc2nc(CN3CCN(c4cnn(-c5ccccc5)c(=O)c4Cl)CC3)cc(=O)n2c1. The number of halogens is 1. The van der Waals surface area contributed by atoms with Crippen LogP contribution in [0.3, 0.4) is 0 Å². The van der Waals surface area contributed by atoms with Gasteiger partial charge in [-0.25, -0.2) is 4.98 Å². The van der Waals surface area contributed by atoms with E-state index in [1.807, 2.05) is 49.4 Å². The number of pyridine rings is 1. The Balaban J connectivity index is 1.29. The molecule has 1 aliphatic heterocycles. The monoisotopic (exact) mass is 462 g/mol. The first-order valence-corrected chi connectivity index (χ1v) is 11.2. The van der Waals surface area contributed by atoms with E-state index in [-0.39, 0.29) is 16.1 Å². The van der Waals surface area contributed by atoms with Crippen LogP contribution in [-0.4, -0.2) is 50.2 Å². The summed E-state index contributed by atoms with van der Waals surface area (Å²) >= 11 is 6.46. The van der Waals surface area contributed by atoms with E-state index in [9.17, 15) is 9.59 Å². The van der Waals surface area contributed by atoms with Gasteiger partial charge in [-0.2, -0.15) is 9.78 Å². The predicted molar refractivity (Wildman–Crippen MR) is 129 cm³/mol. The number of benzene rings is 1. The van der Waals surface area contributed by atoms with Crippen LogP contribution in [0.1, 0.15) is 11.3 Å². The Morgan fingerprint density at radius 2 is 1.76 bits per heavy atom. The van der Waals surface area contributed by atoms with Gasteiger partial charge in [-0.1, -0.05) is 35.9 Å². The summed E-state index contributed by atoms with van der Waals surface area (Å²) < 4.78 is 2.89. The molecule has 0 amide bonds. The molecule has 168 valence electrons. The lowest BCUT2D eigenvalue weighted by molar-refractivity contribution is 0.247. The van der Waals surface area contributed by atoms with E-state index in [1.54, 1.807) is 22.9 Å². The molecular formula is C24H23ClN6O2. The zero-order chi connectivity index (χ0) is 22.9. The van der Waals surface area contributed by atoms with Crippen molar-refractivity contribution in [3.05, 3.63) is 97.9 Å². The van der Waals surface area contributed by atoms with Gasteiger partial charge in [-0.15, -0.1) is 0 Å². The highest BCUT2D eigenvalue weighted by molar-refractivity contribution is 6.33. The number of hydrogen-bond acceptors (Lipinski definition) is 6. The van der Waals surface area contributed by atoms with Crippen molar-refractivity contribution in [3.8, 4) is 5.69 Å². The van der Waals surface area contributed by atoms with Crippen LogP contribution in [0.5, 0.6) is 0 Å². The highest BCUT2D eigenvalue weighted by atomic mass is 35.5. The molecule has 0 radical (unpaired) electrons. The van der Waals surface area contributed by atoms with Gasteiger partial charge in [-0.05, 0) is 30.7 Å². The molecule has 0 unspecified atom stereocenters. The van der Waals surface area contributed by atoms with Gasteiger partial charge in [0.2, 0.25) is 0 Å². The van der Waals surface area contributed by atoms with Crippen LogP contribution >= 0.6 is 11.6 Å². The molecule has 1 saturated heterocycles. The maximum Gasteiger partial charge on any atom is 0.292 e. The lowest BCUT2D eigenvalue weighted by Gasteiger charge is -2.36. The smallest absolute Gasteiger partial charge is 0.292 e. The van der Waals surface area contributed by atoms with Crippen LogP contribution in [0.2, 0.25) is 5.02 Å². The number of rotatable bonds is 4. The summed E-state index contributed by atoms with van der Waals surface area (Å²) in [6, 6.07) is 14.6. The Labute approximate surface area is 195 Å². The highest BCUT2D eigenvalue weighted by Gasteiger charge is 2.22. The molecule has 1 aliphatic rings. The number of aromatic nitrogens is 4. The van der Waals surface area contributed by atoms with E-state index in [1.165, 1.54) is 4.68 Å². The average molecular weight is 463 g/mol. The van der Waals surface area contributed by atoms with Crippen LogP contribution < -0.4 is 16.0 Å². The summed E-state index contributed by atoms with van der Waals surface area (Å²) in [4.78, 5) is 34.2. The third-order valence-corrected chi connectivity index (χ3v) is 6.22. The maximum atomic E-state index is 12.8. The summed E-state index contributed by atoms with van der Waals surface area (Å²) in [6.45, 7) is 5.45. The van der Waals surface area contributed by atoms with Crippen molar-refractivity contribution in [2.75, 3.05) is 31.1 Å². The van der Waals surface area contributed by atoms with Crippen LogP contribution in [0, 0.1) is 6.92 Å². The highest BCUT2D eigenvalue weighted by Crippen LogP contribution is 2.23. The van der Waals surface area contributed by atoms with E-state index in [0.717, 1.165) is 24.3 Å². The molecule has 0 bridgehead atoms. The molecule has 0 atom stereocenters. The van der Waals surface area contributed by atoms with Gasteiger partial charge < -0.3 is 4.90 Å². The fourth-order valence-electron chi connectivity index (χ4n) is 4.11. The molecule has 33 heavy (non-hydrogen) atoms. The number of fused-ring (bicyclic) bond motifs is 1. The van der Waals surface area contributed by atoms with E-state index < -0.39 is 0 Å². The molecule has 4 aromatic rings. The molecule has 1 aromatic carbocycles. The second kappa shape index (κ2) is 8.80. The van der Waals surface area contributed by atoms with Crippen LogP contribution in [0.15, 0.2) is 70.5 Å². The van der Waals surface area contributed by atoms with E-state index in [2.05, 4.69) is 19.9 Å². The Bertz CT molecular complexity index is 1420. The summed E-state index contributed by atoms with van der Waals surface area (Å²) in [5, 5.41) is 4.50. The van der Waals surface area contributed by atoms with Crippen molar-refractivity contribution in [1.29, 1.82) is 0 Å². The first-order chi connectivity index (χ1) is 16.0. The Kier molecular flexibility index (Phi) is 5.70. The first kappa shape index (κ1) is 21.4. The van der Waals surface area contributed by atoms with Crippen molar-refractivity contribution in [2.45, 2.75) is 13.5 Å². The van der Waals surface area contributed by atoms with Crippen molar-refractivity contribution < 1.29 is 0 Å². The molecule has 0 N–H and O–H groups in total. The normalized spacial score (nSPS) is 14.7. The molecule has 3 aromatic heterocycles. The van der Waals surface area contributed by atoms with Gasteiger partial charge in [-0.3, -0.25) is 18.9 Å². The third-order valence-electron chi connectivity index (χ3n) is 5.86. The first-order valence-electron chi connectivity index (χ1n) is 10.8. The Morgan fingerprint density at radius 3 is 2.52 bits per heavy atom. The average Bonchev–Trinajstić information content (AvgIpc) is 2.83. The number of aryl methyl sites for hydroxylation is 1. The van der Waals surface area contributed by atoms with Gasteiger partial charge in [0.1, 0.15) is 10.7 Å². The largest absolute Gasteiger partial charge is 0.366 e. The van der Waals surface area contributed by atoms with Gasteiger partial charge in [0.25, 0.3) is 11.1 Å². The topological polar surface area (TPSA) is 75.7 Å². The second-order valence-corrected chi connectivity index (χ2v) is 8.56. The molecule has 4 heterocycles. The molecule has 5 rings (SSSR count). The van der Waals surface area contributed by atoms with Gasteiger partial charge in [0.05, 0.1) is 23.3 Å². The Morgan fingerprint density at radius 1 is 1.00 bits per heavy atom. The van der Waals surface area contributed by atoms with Gasteiger partial charge in [0, 0.05) is 45.0 Å². The molecule has 9 heteroatoms. The van der Waals surface area contributed by atoms with Crippen molar-refractivity contribution >= 4 is 22.9 Å². The van der Waals surface area contributed by atoms with Gasteiger partial charge >= 0.3 is 0 Å². The number of anilines is 1. The molecule has 1 fully saturated rings. The molecule has 8 nitrogen and oxygen atoms in total. The fraction of sp³-hybridized carbons (Fsp3) is 0.250. The van der Waals surface area contributed by atoms with Crippen molar-refractivity contribution in [1.82, 2.24) is 24.1 Å². The van der Waals surface area contributed by atoms with Crippen LogP contribution in [-0.2, 0) is 6.54 Å². The number of hydrogen-bond donors (Lipinski definition) is 0. The summed E-state index contributed by atoms with van der Waals surface area (Å²) in [5.41, 5.74) is 3.33. The number of para-hydroxylation sites is 1.